The Morgan fingerprint density at radius 1 is 0.784 bits per heavy atom. The van der Waals surface area contributed by atoms with E-state index in [1.54, 1.807) is 0 Å². The Bertz CT molecular complexity index is 1860. The number of aliphatic hydroxyl groups excluding tert-OH is 1. The third kappa shape index (κ3) is 9.96. The fraction of sp³-hybridized carbons (Fsp3) is 0.543. The maximum Gasteiger partial charge on any atom is 0.164 e. The summed E-state index contributed by atoms with van der Waals surface area (Å²) in [6.07, 6.45) is 4.75. The summed E-state index contributed by atoms with van der Waals surface area (Å²) >= 11 is 0. The molecule has 1 heterocycles. The van der Waals surface area contributed by atoms with Crippen molar-refractivity contribution in [3.8, 4) is 11.3 Å². The van der Waals surface area contributed by atoms with Gasteiger partial charge in [-0.3, -0.25) is 9.78 Å². The number of rotatable bonds is 9. The van der Waals surface area contributed by atoms with E-state index in [0.29, 0.717) is 0 Å². The van der Waals surface area contributed by atoms with Crippen LogP contribution in [0, 0.1) is 30.7 Å². The van der Waals surface area contributed by atoms with Crippen LogP contribution in [-0.2, 0) is 35.7 Å². The number of hydrogen-bond donors (Lipinski definition) is 1. The monoisotopic (exact) mass is 870 g/mol. The summed E-state index contributed by atoms with van der Waals surface area (Å²) < 4.78 is 0. The third-order valence-corrected chi connectivity index (χ3v) is 11.1. The SMILES string of the molecule is CCC(C)(CC)C(=O)/C=C(\O)C(C)(CC)CC.Cc1[c-]c(-c2nc(C(C)C)nc3c2ccc2cc(C(C)(C)C)cc(C)c23)cc(C(C)(C)C)c1.[Ir]. The van der Waals surface area contributed by atoms with E-state index in [2.05, 4.69) is 112 Å². The first-order chi connectivity index (χ1) is 23.0. The molecule has 281 valence electrons. The maximum atomic E-state index is 12.2. The normalized spacial score (nSPS) is 12.9. The third-order valence-electron chi connectivity index (χ3n) is 11.1. The number of benzene rings is 3. The first-order valence-corrected chi connectivity index (χ1v) is 18.8. The molecule has 3 aromatic carbocycles. The van der Waals surface area contributed by atoms with Crippen LogP contribution in [0.3, 0.4) is 0 Å². The molecule has 4 rings (SSSR count). The molecule has 5 heteroatoms. The van der Waals surface area contributed by atoms with Crippen molar-refractivity contribution < 1.29 is 30.0 Å². The summed E-state index contributed by atoms with van der Waals surface area (Å²) in [5.74, 6) is 1.41. The first kappa shape index (κ1) is 44.3. The molecule has 0 aliphatic heterocycles. The minimum absolute atomic E-state index is 0. The Balaban J connectivity index is 0.000000428. The summed E-state index contributed by atoms with van der Waals surface area (Å²) in [6, 6.07) is 17.2. The van der Waals surface area contributed by atoms with Gasteiger partial charge in [0.1, 0.15) is 11.6 Å². The van der Waals surface area contributed by atoms with Crippen molar-refractivity contribution in [1.82, 2.24) is 9.97 Å². The van der Waals surface area contributed by atoms with Gasteiger partial charge in [0.15, 0.2) is 5.78 Å². The molecule has 1 N–H and O–H groups in total. The second-order valence-corrected chi connectivity index (χ2v) is 17.3. The largest absolute Gasteiger partial charge is 0.512 e. The Kier molecular flexibility index (Phi) is 14.6. The fourth-order valence-electron chi connectivity index (χ4n) is 6.13. The van der Waals surface area contributed by atoms with E-state index in [1.807, 2.05) is 41.5 Å². The number of carbonyl (C=O) groups excluding carboxylic acids is 1. The van der Waals surface area contributed by atoms with Gasteiger partial charge < -0.3 is 5.11 Å². The van der Waals surface area contributed by atoms with Gasteiger partial charge in [-0.15, -0.1) is 34.9 Å². The van der Waals surface area contributed by atoms with Crippen molar-refractivity contribution in [2.24, 2.45) is 10.8 Å². The molecule has 4 aromatic rings. The fourth-order valence-corrected chi connectivity index (χ4v) is 6.13. The van der Waals surface area contributed by atoms with Crippen molar-refractivity contribution in [3.05, 3.63) is 82.4 Å². The maximum absolute atomic E-state index is 12.2. The van der Waals surface area contributed by atoms with Gasteiger partial charge in [-0.25, -0.2) is 4.98 Å². The quantitative estimate of drug-likeness (QED) is 0.0788. The average molecular weight is 870 g/mol. The predicted molar refractivity (Wildman–Crippen MR) is 215 cm³/mol. The summed E-state index contributed by atoms with van der Waals surface area (Å²) in [5.41, 5.74) is 7.72. The molecule has 1 radical (unpaired) electrons. The number of ketones is 1. The number of aliphatic hydroxyl groups is 1. The number of carbonyl (C=O) groups is 1. The van der Waals surface area contributed by atoms with Crippen LogP contribution < -0.4 is 0 Å². The minimum Gasteiger partial charge on any atom is -0.512 e. The van der Waals surface area contributed by atoms with Crippen LogP contribution in [0.1, 0.15) is 157 Å². The number of fused-ring (bicyclic) bond motifs is 3. The van der Waals surface area contributed by atoms with Gasteiger partial charge in [-0.05, 0) is 71.0 Å². The van der Waals surface area contributed by atoms with Crippen molar-refractivity contribution in [2.45, 2.75) is 153 Å². The van der Waals surface area contributed by atoms with E-state index < -0.39 is 0 Å². The molecular formula is C46H65IrN2O2-. The molecule has 0 unspecified atom stereocenters. The van der Waals surface area contributed by atoms with Crippen LogP contribution in [0.25, 0.3) is 32.9 Å². The van der Waals surface area contributed by atoms with E-state index in [0.717, 1.165) is 59.2 Å². The second kappa shape index (κ2) is 16.9. The Morgan fingerprint density at radius 3 is 1.80 bits per heavy atom. The van der Waals surface area contributed by atoms with Crippen LogP contribution in [0.4, 0.5) is 0 Å². The van der Waals surface area contributed by atoms with E-state index in [4.69, 9.17) is 9.97 Å². The molecule has 4 nitrogen and oxygen atoms in total. The molecule has 1 aromatic heterocycles. The summed E-state index contributed by atoms with van der Waals surface area (Å²) in [4.78, 5) is 22.4. The number of aromatic nitrogens is 2. The second-order valence-electron chi connectivity index (χ2n) is 17.3. The molecule has 0 aliphatic rings. The molecule has 0 saturated carbocycles. The van der Waals surface area contributed by atoms with Crippen molar-refractivity contribution in [1.29, 1.82) is 0 Å². The number of hydrogen-bond acceptors (Lipinski definition) is 4. The molecule has 0 atom stereocenters. The number of aryl methyl sites for hydroxylation is 2. The van der Waals surface area contributed by atoms with E-state index in [-0.39, 0.29) is 59.2 Å². The van der Waals surface area contributed by atoms with Crippen molar-refractivity contribution in [3.63, 3.8) is 0 Å². The standard InChI is InChI=1S/C31H37N2.C15H28O2.Ir/c1-18(2)29-32-27(22-13-19(3)14-23(17-22)30(5,6)7)25-12-11-21-16-24(31(8,9)10)15-20(4)26(21)28(25)33-29;1-7-14(5,8-2)12(16)11-13(17)15(6,9-3)10-4;/h11-12,14-18H,1-10H3;11,16H,7-10H2,1-6H3;/q-1;;/b;12-11-;. The molecular weight excluding hydrogens is 805 g/mol. The van der Waals surface area contributed by atoms with Crippen molar-refractivity contribution in [2.75, 3.05) is 0 Å². The van der Waals surface area contributed by atoms with E-state index in [1.165, 1.54) is 33.5 Å². The van der Waals surface area contributed by atoms with Gasteiger partial charge in [-0.2, -0.15) is 0 Å². The number of allylic oxidation sites excluding steroid dienone is 2. The van der Waals surface area contributed by atoms with Gasteiger partial charge in [0.2, 0.25) is 0 Å². The molecule has 0 bridgehead atoms. The van der Waals surface area contributed by atoms with Gasteiger partial charge >= 0.3 is 0 Å². The molecule has 0 fully saturated rings. The first-order valence-electron chi connectivity index (χ1n) is 18.8. The van der Waals surface area contributed by atoms with Gasteiger partial charge in [0, 0.05) is 48.3 Å². The van der Waals surface area contributed by atoms with E-state index >= 15 is 0 Å². The summed E-state index contributed by atoms with van der Waals surface area (Å²) in [7, 11) is 0. The molecule has 0 spiro atoms. The molecule has 0 saturated heterocycles. The number of nitrogens with zero attached hydrogens (tertiary/aromatic N) is 2. The Morgan fingerprint density at radius 2 is 1.31 bits per heavy atom. The topological polar surface area (TPSA) is 63.1 Å². The smallest absolute Gasteiger partial charge is 0.164 e. The summed E-state index contributed by atoms with van der Waals surface area (Å²) in [5, 5.41) is 13.7. The molecule has 0 aliphatic carbocycles. The van der Waals surface area contributed by atoms with Crippen LogP contribution in [0.5, 0.6) is 0 Å². The van der Waals surface area contributed by atoms with E-state index in [9.17, 15) is 9.90 Å². The average Bonchev–Trinajstić information content (AvgIpc) is 3.05. The zero-order chi connectivity index (χ0) is 38.0. The zero-order valence-corrected chi connectivity index (χ0v) is 36.9. The molecule has 51 heavy (non-hydrogen) atoms. The Labute approximate surface area is 323 Å². The van der Waals surface area contributed by atoms with Crippen LogP contribution in [-0.4, -0.2) is 20.9 Å². The zero-order valence-electron chi connectivity index (χ0n) is 34.5. The van der Waals surface area contributed by atoms with Gasteiger partial charge in [0.25, 0.3) is 0 Å². The van der Waals surface area contributed by atoms with Crippen molar-refractivity contribution >= 4 is 27.5 Å². The van der Waals surface area contributed by atoms with Crippen LogP contribution in [0.15, 0.2) is 48.2 Å². The summed E-state index contributed by atoms with van der Waals surface area (Å²) in [6.45, 7) is 34.3. The Hall–Kier alpha value is -2.88. The predicted octanol–water partition coefficient (Wildman–Crippen LogP) is 13.2. The van der Waals surface area contributed by atoms with Gasteiger partial charge in [0.05, 0.1) is 5.52 Å². The van der Waals surface area contributed by atoms with Crippen LogP contribution in [0.2, 0.25) is 0 Å². The van der Waals surface area contributed by atoms with Gasteiger partial charge in [-0.1, -0.05) is 128 Å². The van der Waals surface area contributed by atoms with Crippen LogP contribution >= 0.6 is 0 Å². The minimum atomic E-state index is -0.337. The molecule has 0 amide bonds.